The van der Waals surface area contributed by atoms with Crippen molar-refractivity contribution in [1.29, 1.82) is 0 Å². The lowest BCUT2D eigenvalue weighted by Gasteiger charge is -2.11. The third-order valence-electron chi connectivity index (χ3n) is 2.75. The van der Waals surface area contributed by atoms with Crippen molar-refractivity contribution in [2.45, 2.75) is 33.6 Å². The molecule has 0 unspecified atom stereocenters. The molecule has 78 valence electrons. The van der Waals surface area contributed by atoms with Gasteiger partial charge in [0.2, 0.25) is 0 Å². The number of benzene rings is 1. The highest BCUT2D eigenvalue weighted by Crippen LogP contribution is 2.25. The van der Waals surface area contributed by atoms with Crippen LogP contribution in [0.4, 0.5) is 0 Å². The van der Waals surface area contributed by atoms with E-state index in [2.05, 4.69) is 56.9 Å². The second kappa shape index (κ2) is 3.65. The van der Waals surface area contributed by atoms with E-state index in [1.807, 2.05) is 0 Å². The Bertz CT molecular complexity index is 493. The number of nitrogens with zero attached hydrogens (tertiary/aromatic N) is 1. The van der Waals surface area contributed by atoms with E-state index in [-0.39, 0.29) is 0 Å². The number of hydrogen-bond donors (Lipinski definition) is 0. The molecule has 0 fully saturated rings. The SMILES string of the molecule is Cc1ccc2c(C(C)C)cc(C)nc2c1. The van der Waals surface area contributed by atoms with Crippen LogP contribution in [0.25, 0.3) is 10.9 Å². The largest absolute Gasteiger partial charge is 0.253 e. The van der Waals surface area contributed by atoms with E-state index in [4.69, 9.17) is 0 Å². The Balaban J connectivity index is 2.80. The van der Waals surface area contributed by atoms with Crippen LogP contribution in [-0.4, -0.2) is 4.98 Å². The fourth-order valence-corrected chi connectivity index (χ4v) is 1.98. The Morgan fingerprint density at radius 2 is 1.80 bits per heavy atom. The van der Waals surface area contributed by atoms with Crippen LogP contribution in [0.5, 0.6) is 0 Å². The minimum atomic E-state index is 0.553. The zero-order valence-corrected chi connectivity index (χ0v) is 9.83. The van der Waals surface area contributed by atoms with Crippen molar-refractivity contribution in [2.75, 3.05) is 0 Å². The van der Waals surface area contributed by atoms with E-state index in [1.165, 1.54) is 16.5 Å². The van der Waals surface area contributed by atoms with Crippen molar-refractivity contribution < 1.29 is 0 Å². The quantitative estimate of drug-likeness (QED) is 0.677. The molecule has 1 aromatic heterocycles. The van der Waals surface area contributed by atoms with Gasteiger partial charge in [-0.25, -0.2) is 0 Å². The highest BCUT2D eigenvalue weighted by atomic mass is 14.7. The molecule has 0 amide bonds. The van der Waals surface area contributed by atoms with Crippen LogP contribution in [0, 0.1) is 13.8 Å². The summed E-state index contributed by atoms with van der Waals surface area (Å²) in [7, 11) is 0. The highest BCUT2D eigenvalue weighted by molar-refractivity contribution is 5.83. The van der Waals surface area contributed by atoms with Crippen molar-refractivity contribution in [3.63, 3.8) is 0 Å². The first-order chi connectivity index (χ1) is 7.08. The summed E-state index contributed by atoms with van der Waals surface area (Å²) < 4.78 is 0. The lowest BCUT2D eigenvalue weighted by atomic mass is 9.97. The summed E-state index contributed by atoms with van der Waals surface area (Å²) in [6.07, 6.45) is 0. The van der Waals surface area contributed by atoms with E-state index in [0.717, 1.165) is 11.2 Å². The molecule has 1 heterocycles. The number of fused-ring (bicyclic) bond motifs is 1. The van der Waals surface area contributed by atoms with Gasteiger partial charge < -0.3 is 0 Å². The second-order valence-corrected chi connectivity index (χ2v) is 4.53. The van der Waals surface area contributed by atoms with Crippen molar-refractivity contribution in [3.8, 4) is 0 Å². The summed E-state index contributed by atoms with van der Waals surface area (Å²) in [4.78, 5) is 4.58. The van der Waals surface area contributed by atoms with Crippen molar-refractivity contribution in [3.05, 3.63) is 41.1 Å². The summed E-state index contributed by atoms with van der Waals surface area (Å²) in [6.45, 7) is 8.63. The minimum Gasteiger partial charge on any atom is -0.253 e. The summed E-state index contributed by atoms with van der Waals surface area (Å²) in [5, 5.41) is 1.29. The van der Waals surface area contributed by atoms with Crippen LogP contribution >= 0.6 is 0 Å². The van der Waals surface area contributed by atoms with E-state index < -0.39 is 0 Å². The summed E-state index contributed by atoms with van der Waals surface area (Å²) in [6, 6.07) is 8.70. The maximum Gasteiger partial charge on any atom is 0.0710 e. The second-order valence-electron chi connectivity index (χ2n) is 4.53. The lowest BCUT2D eigenvalue weighted by Crippen LogP contribution is -1.94. The van der Waals surface area contributed by atoms with Gasteiger partial charge in [-0.1, -0.05) is 26.0 Å². The van der Waals surface area contributed by atoms with E-state index in [9.17, 15) is 0 Å². The Morgan fingerprint density at radius 1 is 1.07 bits per heavy atom. The molecule has 0 spiro atoms. The molecule has 0 radical (unpaired) electrons. The standard InChI is InChI=1S/C14H17N/c1-9(2)13-8-11(4)15-14-7-10(3)5-6-12(13)14/h5-9H,1-4H3. The van der Waals surface area contributed by atoms with Gasteiger partial charge in [-0.05, 0) is 43.0 Å². The summed E-state index contributed by atoms with van der Waals surface area (Å²) in [5.41, 5.74) is 4.91. The lowest BCUT2D eigenvalue weighted by molar-refractivity contribution is 0.871. The minimum absolute atomic E-state index is 0.553. The fraction of sp³-hybridized carbons (Fsp3) is 0.357. The molecule has 0 aliphatic rings. The molecular weight excluding hydrogens is 182 g/mol. The van der Waals surface area contributed by atoms with Gasteiger partial charge in [0.15, 0.2) is 0 Å². The van der Waals surface area contributed by atoms with Gasteiger partial charge >= 0.3 is 0 Å². The molecular formula is C14H17N. The number of pyridine rings is 1. The number of hydrogen-bond acceptors (Lipinski definition) is 1. The molecule has 0 atom stereocenters. The Kier molecular flexibility index (Phi) is 2.47. The zero-order chi connectivity index (χ0) is 11.0. The van der Waals surface area contributed by atoms with Gasteiger partial charge in [0.05, 0.1) is 5.52 Å². The van der Waals surface area contributed by atoms with Gasteiger partial charge in [0.1, 0.15) is 0 Å². The fourth-order valence-electron chi connectivity index (χ4n) is 1.98. The first-order valence-corrected chi connectivity index (χ1v) is 5.46. The molecule has 0 saturated heterocycles. The molecule has 15 heavy (non-hydrogen) atoms. The van der Waals surface area contributed by atoms with E-state index in [0.29, 0.717) is 5.92 Å². The Hall–Kier alpha value is -1.37. The van der Waals surface area contributed by atoms with Gasteiger partial charge in [-0.2, -0.15) is 0 Å². The molecule has 1 heteroatoms. The van der Waals surface area contributed by atoms with Crippen LogP contribution in [-0.2, 0) is 0 Å². The van der Waals surface area contributed by atoms with Crippen LogP contribution in [0.15, 0.2) is 24.3 Å². The average Bonchev–Trinajstić information content (AvgIpc) is 2.15. The van der Waals surface area contributed by atoms with Gasteiger partial charge in [0.25, 0.3) is 0 Å². The van der Waals surface area contributed by atoms with Crippen LogP contribution in [0.1, 0.15) is 36.6 Å². The molecule has 0 saturated carbocycles. The average molecular weight is 199 g/mol. The number of aromatic nitrogens is 1. The first kappa shape index (κ1) is 10.2. The van der Waals surface area contributed by atoms with Crippen LogP contribution in [0.2, 0.25) is 0 Å². The third kappa shape index (κ3) is 1.87. The zero-order valence-electron chi connectivity index (χ0n) is 9.83. The molecule has 1 nitrogen and oxygen atoms in total. The molecule has 0 aliphatic carbocycles. The molecule has 0 aliphatic heterocycles. The molecule has 2 rings (SSSR count). The number of aryl methyl sites for hydroxylation is 2. The highest BCUT2D eigenvalue weighted by Gasteiger charge is 2.07. The maximum absolute atomic E-state index is 4.58. The van der Waals surface area contributed by atoms with Crippen molar-refractivity contribution >= 4 is 10.9 Å². The predicted octanol–water partition coefficient (Wildman–Crippen LogP) is 3.98. The first-order valence-electron chi connectivity index (χ1n) is 5.46. The van der Waals surface area contributed by atoms with Gasteiger partial charge in [-0.15, -0.1) is 0 Å². The molecule has 0 bridgehead atoms. The maximum atomic E-state index is 4.58. The van der Waals surface area contributed by atoms with Crippen LogP contribution < -0.4 is 0 Å². The van der Waals surface area contributed by atoms with Crippen molar-refractivity contribution in [1.82, 2.24) is 4.98 Å². The summed E-state index contributed by atoms with van der Waals surface area (Å²) in [5.74, 6) is 0.553. The monoisotopic (exact) mass is 199 g/mol. The molecule has 1 aromatic carbocycles. The van der Waals surface area contributed by atoms with E-state index in [1.54, 1.807) is 0 Å². The molecule has 0 N–H and O–H groups in total. The topological polar surface area (TPSA) is 12.9 Å². The van der Waals surface area contributed by atoms with Gasteiger partial charge in [0, 0.05) is 11.1 Å². The van der Waals surface area contributed by atoms with Crippen molar-refractivity contribution in [2.24, 2.45) is 0 Å². The Labute approximate surface area is 91.2 Å². The number of rotatable bonds is 1. The normalized spacial score (nSPS) is 11.3. The molecule has 2 aromatic rings. The predicted molar refractivity (Wildman–Crippen MR) is 65.3 cm³/mol. The van der Waals surface area contributed by atoms with Crippen LogP contribution in [0.3, 0.4) is 0 Å². The third-order valence-corrected chi connectivity index (χ3v) is 2.75. The van der Waals surface area contributed by atoms with E-state index >= 15 is 0 Å². The van der Waals surface area contributed by atoms with Gasteiger partial charge in [-0.3, -0.25) is 4.98 Å². The Morgan fingerprint density at radius 3 is 2.47 bits per heavy atom. The summed E-state index contributed by atoms with van der Waals surface area (Å²) >= 11 is 0. The smallest absolute Gasteiger partial charge is 0.0710 e.